The Labute approximate surface area is 150 Å². The van der Waals surface area contributed by atoms with Crippen molar-refractivity contribution in [2.75, 3.05) is 11.4 Å². The van der Waals surface area contributed by atoms with Crippen molar-refractivity contribution < 1.29 is 9.90 Å². The molecule has 1 aliphatic heterocycles. The van der Waals surface area contributed by atoms with Crippen LogP contribution in [0.1, 0.15) is 24.8 Å². The lowest BCUT2D eigenvalue weighted by Crippen LogP contribution is -2.51. The van der Waals surface area contributed by atoms with E-state index in [1.54, 1.807) is 0 Å². The molecule has 1 N–H and O–H groups in total. The third-order valence-corrected chi connectivity index (χ3v) is 6.47. The van der Waals surface area contributed by atoms with Crippen LogP contribution in [-0.2, 0) is 4.79 Å². The molecule has 1 heterocycles. The van der Waals surface area contributed by atoms with Gasteiger partial charge in [0, 0.05) is 16.1 Å². The van der Waals surface area contributed by atoms with Crippen molar-refractivity contribution in [3.05, 3.63) is 64.6 Å². The second kappa shape index (κ2) is 5.71. The minimum Gasteiger partial charge on any atom is -0.380 e. The zero-order chi connectivity index (χ0) is 16.9. The maximum absolute atomic E-state index is 12.9. The molecule has 1 aliphatic carbocycles. The molecule has 2 aliphatic rings. The Morgan fingerprint density at radius 1 is 1.12 bits per heavy atom. The molecule has 1 saturated carbocycles. The average Bonchev–Trinajstić information content (AvgIpc) is 2.78. The summed E-state index contributed by atoms with van der Waals surface area (Å²) in [6, 6.07) is 17.8. The Balaban J connectivity index is 1.75. The first-order valence-electron chi connectivity index (χ1n) is 8.35. The number of β-amino-alcohol motifs (C(OH)–C–C–N with tert-alkyl or cyclic N) is 1. The molecule has 2 fully saturated rings. The molecule has 0 spiro atoms. The summed E-state index contributed by atoms with van der Waals surface area (Å²) in [5, 5.41) is 11.2. The number of aliphatic hydroxyl groups is 1. The number of hydrogen-bond donors (Lipinski definition) is 1. The van der Waals surface area contributed by atoms with Gasteiger partial charge in [0.15, 0.2) is 5.78 Å². The van der Waals surface area contributed by atoms with Crippen LogP contribution in [0.15, 0.2) is 59.1 Å². The van der Waals surface area contributed by atoms with Crippen LogP contribution in [0.25, 0.3) is 0 Å². The number of ketones is 1. The lowest BCUT2D eigenvalue weighted by atomic mass is 9.67. The lowest BCUT2D eigenvalue weighted by molar-refractivity contribution is -0.142. The van der Waals surface area contributed by atoms with Crippen LogP contribution in [0.3, 0.4) is 0 Å². The van der Waals surface area contributed by atoms with Gasteiger partial charge in [-0.05, 0) is 36.1 Å². The van der Waals surface area contributed by atoms with Crippen molar-refractivity contribution in [1.29, 1.82) is 0 Å². The number of hydrogen-bond acceptors (Lipinski definition) is 3. The van der Waals surface area contributed by atoms with E-state index in [0.717, 1.165) is 16.6 Å². The molecular formula is C20H20BrNO2. The lowest BCUT2D eigenvalue weighted by Gasteiger charge is -2.38. The SMILES string of the molecule is C[C@@H]1[C@H](c2ccccc2Br)C[C@H]2C(=O)[C@]1(O)CN2c1ccccc1. The molecule has 2 aromatic rings. The van der Waals surface area contributed by atoms with Gasteiger partial charge in [0.1, 0.15) is 5.60 Å². The molecule has 3 nitrogen and oxygen atoms in total. The second-order valence-electron chi connectivity index (χ2n) is 6.92. The first-order valence-corrected chi connectivity index (χ1v) is 9.14. The van der Waals surface area contributed by atoms with Crippen LogP contribution in [0.2, 0.25) is 0 Å². The fourth-order valence-corrected chi connectivity index (χ4v) is 4.90. The van der Waals surface area contributed by atoms with Crippen molar-refractivity contribution >= 4 is 27.4 Å². The van der Waals surface area contributed by atoms with Crippen LogP contribution < -0.4 is 4.90 Å². The summed E-state index contributed by atoms with van der Waals surface area (Å²) in [4.78, 5) is 14.9. The summed E-state index contributed by atoms with van der Waals surface area (Å²) in [5.74, 6) is 0.0119. The number of halogens is 1. The maximum atomic E-state index is 12.9. The highest BCUT2D eigenvalue weighted by Crippen LogP contribution is 2.49. The molecule has 124 valence electrons. The molecule has 4 rings (SSSR count). The van der Waals surface area contributed by atoms with Gasteiger partial charge in [-0.2, -0.15) is 0 Å². The van der Waals surface area contributed by atoms with Gasteiger partial charge in [0.25, 0.3) is 0 Å². The topological polar surface area (TPSA) is 40.5 Å². The predicted octanol–water partition coefficient (Wildman–Crippen LogP) is 3.76. The van der Waals surface area contributed by atoms with E-state index >= 15 is 0 Å². The molecule has 0 amide bonds. The van der Waals surface area contributed by atoms with Crippen molar-refractivity contribution in [3.63, 3.8) is 0 Å². The summed E-state index contributed by atoms with van der Waals surface area (Å²) < 4.78 is 1.05. The first-order chi connectivity index (χ1) is 11.5. The Kier molecular flexibility index (Phi) is 3.77. The second-order valence-corrected chi connectivity index (χ2v) is 7.77. The summed E-state index contributed by atoms with van der Waals surface area (Å²) >= 11 is 3.63. The van der Waals surface area contributed by atoms with Crippen LogP contribution in [0, 0.1) is 5.92 Å². The summed E-state index contributed by atoms with van der Waals surface area (Å²) in [5.41, 5.74) is 0.904. The maximum Gasteiger partial charge on any atom is 0.188 e. The third-order valence-electron chi connectivity index (χ3n) is 5.74. The van der Waals surface area contributed by atoms with Gasteiger partial charge in [-0.3, -0.25) is 4.79 Å². The highest BCUT2D eigenvalue weighted by molar-refractivity contribution is 9.10. The minimum atomic E-state index is -1.28. The molecule has 2 aromatic carbocycles. The fourth-order valence-electron chi connectivity index (χ4n) is 4.32. The van der Waals surface area contributed by atoms with Gasteiger partial charge in [-0.25, -0.2) is 0 Å². The van der Waals surface area contributed by atoms with Crippen molar-refractivity contribution in [3.8, 4) is 0 Å². The van der Waals surface area contributed by atoms with Crippen LogP contribution >= 0.6 is 15.9 Å². The third kappa shape index (κ3) is 2.24. The summed E-state index contributed by atoms with van der Waals surface area (Å²) in [6.07, 6.45) is 0.736. The Bertz CT molecular complexity index is 778. The number of fused-ring (bicyclic) bond motifs is 2. The van der Waals surface area contributed by atoms with Gasteiger partial charge in [0.05, 0.1) is 12.6 Å². The van der Waals surface area contributed by atoms with Gasteiger partial charge in [0.2, 0.25) is 0 Å². The highest BCUT2D eigenvalue weighted by Gasteiger charge is 2.60. The van der Waals surface area contributed by atoms with E-state index in [1.165, 1.54) is 5.56 Å². The predicted molar refractivity (Wildman–Crippen MR) is 98.2 cm³/mol. The first kappa shape index (κ1) is 15.9. The number of nitrogens with zero attached hydrogens (tertiary/aromatic N) is 1. The molecule has 2 bridgehead atoms. The monoisotopic (exact) mass is 385 g/mol. The standard InChI is InChI=1S/C20H20BrNO2/c1-13-16(15-9-5-6-10-17(15)21)11-18-19(23)20(13,24)12-22(18)14-7-3-2-4-8-14/h2-10,13,16,18,24H,11-12H2,1H3/t13-,16-,18+,20+/m1/s1. The number of rotatable bonds is 2. The number of para-hydroxylation sites is 1. The Morgan fingerprint density at radius 2 is 1.79 bits per heavy atom. The van der Waals surface area contributed by atoms with E-state index in [4.69, 9.17) is 0 Å². The number of anilines is 1. The Hall–Kier alpha value is -1.65. The van der Waals surface area contributed by atoms with Crippen LogP contribution in [-0.4, -0.2) is 29.1 Å². The van der Waals surface area contributed by atoms with Crippen molar-refractivity contribution in [1.82, 2.24) is 0 Å². The largest absolute Gasteiger partial charge is 0.380 e. The highest BCUT2D eigenvalue weighted by atomic mass is 79.9. The molecule has 0 aromatic heterocycles. The molecule has 4 atom stereocenters. The van der Waals surface area contributed by atoms with Crippen LogP contribution in [0.5, 0.6) is 0 Å². The fraction of sp³-hybridized carbons (Fsp3) is 0.350. The molecule has 0 radical (unpaired) electrons. The molecule has 4 heteroatoms. The summed E-state index contributed by atoms with van der Waals surface area (Å²) in [7, 11) is 0. The van der Waals surface area contributed by atoms with E-state index in [0.29, 0.717) is 6.54 Å². The molecule has 24 heavy (non-hydrogen) atoms. The number of Topliss-reactive ketones (excluding diaryl/α,β-unsaturated/α-hetero) is 1. The quantitative estimate of drug-likeness (QED) is 0.855. The van der Waals surface area contributed by atoms with Gasteiger partial charge >= 0.3 is 0 Å². The number of benzene rings is 2. The molecular weight excluding hydrogens is 366 g/mol. The molecule has 1 saturated heterocycles. The van der Waals surface area contributed by atoms with Crippen LogP contribution in [0.4, 0.5) is 5.69 Å². The molecule has 0 unspecified atom stereocenters. The average molecular weight is 386 g/mol. The van der Waals surface area contributed by atoms with E-state index in [-0.39, 0.29) is 23.7 Å². The zero-order valence-corrected chi connectivity index (χ0v) is 15.1. The summed E-state index contributed by atoms with van der Waals surface area (Å²) in [6.45, 7) is 2.38. The van der Waals surface area contributed by atoms with E-state index in [9.17, 15) is 9.90 Å². The normalized spacial score (nSPS) is 32.2. The smallest absolute Gasteiger partial charge is 0.188 e. The van der Waals surface area contributed by atoms with E-state index in [1.807, 2.05) is 55.5 Å². The van der Waals surface area contributed by atoms with Gasteiger partial charge < -0.3 is 10.0 Å². The number of carbonyl (C=O) groups is 1. The number of carbonyl (C=O) groups excluding carboxylic acids is 1. The zero-order valence-electron chi connectivity index (χ0n) is 13.5. The minimum absolute atomic E-state index is 0.0258. The van der Waals surface area contributed by atoms with E-state index in [2.05, 4.69) is 26.9 Å². The van der Waals surface area contributed by atoms with Gasteiger partial charge in [-0.15, -0.1) is 0 Å². The van der Waals surface area contributed by atoms with Crippen molar-refractivity contribution in [2.45, 2.75) is 30.9 Å². The van der Waals surface area contributed by atoms with E-state index < -0.39 is 5.60 Å². The Morgan fingerprint density at radius 3 is 2.50 bits per heavy atom. The van der Waals surface area contributed by atoms with Crippen molar-refractivity contribution in [2.24, 2.45) is 5.92 Å². The van der Waals surface area contributed by atoms with Gasteiger partial charge in [-0.1, -0.05) is 59.3 Å².